The van der Waals surface area contributed by atoms with Crippen molar-refractivity contribution in [3.05, 3.63) is 51.2 Å². The normalized spacial score (nSPS) is 12.9. The zero-order valence-electron chi connectivity index (χ0n) is 16.7. The number of hydrogen-bond donors (Lipinski definition) is 2. The zero-order chi connectivity index (χ0) is 20.8. The third-order valence-corrected chi connectivity index (χ3v) is 5.82. The van der Waals surface area contributed by atoms with E-state index in [1.54, 1.807) is 35.6 Å². The summed E-state index contributed by atoms with van der Waals surface area (Å²) < 4.78 is 5.22. The van der Waals surface area contributed by atoms with Crippen LogP contribution in [0.25, 0.3) is 0 Å². The number of aryl methyl sites for hydroxylation is 1. The minimum absolute atomic E-state index is 0.253. The molecule has 7 heteroatoms. The predicted octanol–water partition coefficient (Wildman–Crippen LogP) is 3.81. The Morgan fingerprint density at radius 2 is 1.86 bits per heavy atom. The maximum Gasteiger partial charge on any atom is 0.339 e. The standard InChI is InChI=1S/C22H26N2O4S/c1-14(2)11-23-21(26)16-8-3-5-9-18(16)24-20(25)12-28-22(27)17-13-29-19-10-6-4-7-15(17)19/h3,5,8-9,13-14H,4,6-7,10-12H2,1-2H3,(H,23,26)(H,24,25). The Balaban J connectivity index is 1.58. The molecule has 0 bridgehead atoms. The molecule has 0 aliphatic heterocycles. The second-order valence-electron chi connectivity index (χ2n) is 7.53. The van der Waals surface area contributed by atoms with Crippen molar-refractivity contribution < 1.29 is 19.1 Å². The van der Waals surface area contributed by atoms with E-state index in [4.69, 9.17) is 4.74 Å². The lowest BCUT2D eigenvalue weighted by molar-refractivity contribution is -0.119. The van der Waals surface area contributed by atoms with Gasteiger partial charge in [0.1, 0.15) is 0 Å². The molecule has 2 aromatic rings. The van der Waals surface area contributed by atoms with Crippen molar-refractivity contribution in [2.75, 3.05) is 18.5 Å². The number of carbonyl (C=O) groups is 3. The first kappa shape index (κ1) is 21.0. The molecule has 0 radical (unpaired) electrons. The number of fused-ring (bicyclic) bond motifs is 1. The summed E-state index contributed by atoms with van der Waals surface area (Å²) >= 11 is 1.58. The number of amides is 2. The van der Waals surface area contributed by atoms with Crippen LogP contribution in [0, 0.1) is 5.92 Å². The third-order valence-electron chi connectivity index (χ3n) is 4.73. The fourth-order valence-electron chi connectivity index (χ4n) is 3.24. The molecule has 1 aliphatic carbocycles. The smallest absolute Gasteiger partial charge is 0.339 e. The van der Waals surface area contributed by atoms with Gasteiger partial charge in [0.15, 0.2) is 6.61 Å². The van der Waals surface area contributed by atoms with Gasteiger partial charge in [-0.1, -0.05) is 26.0 Å². The maximum absolute atomic E-state index is 12.4. The molecule has 2 N–H and O–H groups in total. The molecular weight excluding hydrogens is 388 g/mol. The molecule has 0 saturated carbocycles. The first-order chi connectivity index (χ1) is 14.0. The molecule has 0 spiro atoms. The third kappa shape index (κ3) is 5.44. The lowest BCUT2D eigenvalue weighted by atomic mass is 9.96. The number of ether oxygens (including phenoxy) is 1. The van der Waals surface area contributed by atoms with Gasteiger partial charge in [0.05, 0.1) is 16.8 Å². The average Bonchev–Trinajstić information content (AvgIpc) is 3.15. The molecule has 0 fully saturated rings. The summed E-state index contributed by atoms with van der Waals surface area (Å²) in [6.45, 7) is 4.16. The van der Waals surface area contributed by atoms with Crippen molar-refractivity contribution in [3.8, 4) is 0 Å². The average molecular weight is 415 g/mol. The van der Waals surface area contributed by atoms with Crippen LogP contribution in [-0.4, -0.2) is 30.9 Å². The minimum Gasteiger partial charge on any atom is -0.452 e. The monoisotopic (exact) mass is 414 g/mol. The number of esters is 1. The molecule has 3 rings (SSSR count). The highest BCUT2D eigenvalue weighted by Crippen LogP contribution is 2.30. The summed E-state index contributed by atoms with van der Waals surface area (Å²) in [5.41, 5.74) is 2.41. The molecule has 1 heterocycles. The van der Waals surface area contributed by atoms with Crippen LogP contribution >= 0.6 is 11.3 Å². The first-order valence-corrected chi connectivity index (χ1v) is 10.8. The van der Waals surface area contributed by atoms with Gasteiger partial charge >= 0.3 is 5.97 Å². The number of anilines is 1. The van der Waals surface area contributed by atoms with E-state index >= 15 is 0 Å². The van der Waals surface area contributed by atoms with Crippen LogP contribution in [0.2, 0.25) is 0 Å². The summed E-state index contributed by atoms with van der Waals surface area (Å²) in [7, 11) is 0. The number of carbonyl (C=O) groups excluding carboxylic acids is 3. The van der Waals surface area contributed by atoms with Crippen molar-refractivity contribution in [2.24, 2.45) is 5.92 Å². The van der Waals surface area contributed by atoms with E-state index in [-0.39, 0.29) is 5.91 Å². The van der Waals surface area contributed by atoms with E-state index in [0.717, 1.165) is 31.2 Å². The molecule has 0 saturated heterocycles. The molecule has 1 aliphatic rings. The van der Waals surface area contributed by atoms with E-state index in [2.05, 4.69) is 10.6 Å². The molecule has 1 aromatic heterocycles. The van der Waals surface area contributed by atoms with E-state index in [9.17, 15) is 14.4 Å². The Labute approximate surface area is 174 Å². The van der Waals surface area contributed by atoms with Gasteiger partial charge in [0.2, 0.25) is 0 Å². The number of benzene rings is 1. The lowest BCUT2D eigenvalue weighted by Crippen LogP contribution is -2.29. The van der Waals surface area contributed by atoms with Gasteiger partial charge in [-0.05, 0) is 49.3 Å². The quantitative estimate of drug-likeness (QED) is 0.675. The Morgan fingerprint density at radius 1 is 1.10 bits per heavy atom. The maximum atomic E-state index is 12.4. The highest BCUT2D eigenvalue weighted by Gasteiger charge is 2.22. The molecular formula is C22H26N2O4S. The highest BCUT2D eigenvalue weighted by molar-refractivity contribution is 7.10. The van der Waals surface area contributed by atoms with Gasteiger partial charge in [0.25, 0.3) is 11.8 Å². The Hall–Kier alpha value is -2.67. The van der Waals surface area contributed by atoms with E-state index < -0.39 is 18.5 Å². The van der Waals surface area contributed by atoms with Gasteiger partial charge < -0.3 is 15.4 Å². The van der Waals surface area contributed by atoms with Gasteiger partial charge in [-0.3, -0.25) is 9.59 Å². The molecule has 0 unspecified atom stereocenters. The van der Waals surface area contributed by atoms with Crippen molar-refractivity contribution in [1.82, 2.24) is 5.32 Å². The minimum atomic E-state index is -0.480. The van der Waals surface area contributed by atoms with Crippen molar-refractivity contribution in [1.29, 1.82) is 0 Å². The van der Waals surface area contributed by atoms with Crippen molar-refractivity contribution in [2.45, 2.75) is 39.5 Å². The Morgan fingerprint density at radius 3 is 2.66 bits per heavy atom. The van der Waals surface area contributed by atoms with Crippen LogP contribution in [0.1, 0.15) is 57.8 Å². The van der Waals surface area contributed by atoms with Crippen molar-refractivity contribution >= 4 is 34.8 Å². The summed E-state index contributed by atoms with van der Waals surface area (Å²) in [6, 6.07) is 6.77. The second-order valence-corrected chi connectivity index (χ2v) is 8.50. The van der Waals surface area contributed by atoms with E-state index in [1.165, 1.54) is 4.88 Å². The fourth-order valence-corrected chi connectivity index (χ4v) is 4.36. The van der Waals surface area contributed by atoms with E-state index in [0.29, 0.717) is 29.3 Å². The fraction of sp³-hybridized carbons (Fsp3) is 0.409. The van der Waals surface area contributed by atoms with E-state index in [1.807, 2.05) is 19.2 Å². The summed E-state index contributed by atoms with van der Waals surface area (Å²) in [6.07, 6.45) is 4.10. The SMILES string of the molecule is CC(C)CNC(=O)c1ccccc1NC(=O)COC(=O)c1csc2c1CCCC2. The molecule has 154 valence electrons. The molecule has 0 atom stereocenters. The Kier molecular flexibility index (Phi) is 7.04. The highest BCUT2D eigenvalue weighted by atomic mass is 32.1. The molecule has 1 aromatic carbocycles. The Bertz CT molecular complexity index is 904. The van der Waals surface area contributed by atoms with Crippen LogP contribution in [0.5, 0.6) is 0 Å². The summed E-state index contributed by atoms with van der Waals surface area (Å²) in [5.74, 6) is -0.881. The van der Waals surface area contributed by atoms with Gasteiger partial charge in [-0.2, -0.15) is 0 Å². The van der Waals surface area contributed by atoms with Crippen LogP contribution in [-0.2, 0) is 22.4 Å². The largest absolute Gasteiger partial charge is 0.452 e. The number of rotatable bonds is 7. The zero-order valence-corrected chi connectivity index (χ0v) is 17.6. The molecule has 2 amide bonds. The predicted molar refractivity (Wildman–Crippen MR) is 113 cm³/mol. The van der Waals surface area contributed by atoms with Crippen LogP contribution in [0.3, 0.4) is 0 Å². The van der Waals surface area contributed by atoms with Crippen LogP contribution in [0.4, 0.5) is 5.69 Å². The number of thiophene rings is 1. The number of para-hydroxylation sites is 1. The van der Waals surface area contributed by atoms with Gasteiger partial charge in [-0.15, -0.1) is 11.3 Å². The second kappa shape index (κ2) is 9.69. The number of hydrogen-bond acceptors (Lipinski definition) is 5. The lowest BCUT2D eigenvalue weighted by Gasteiger charge is -2.13. The summed E-state index contributed by atoms with van der Waals surface area (Å²) in [4.78, 5) is 38.3. The number of nitrogens with one attached hydrogen (secondary N) is 2. The van der Waals surface area contributed by atoms with Gasteiger partial charge in [0, 0.05) is 16.8 Å². The van der Waals surface area contributed by atoms with Crippen molar-refractivity contribution in [3.63, 3.8) is 0 Å². The first-order valence-electron chi connectivity index (χ1n) is 9.89. The summed E-state index contributed by atoms with van der Waals surface area (Å²) in [5, 5.41) is 7.33. The van der Waals surface area contributed by atoms with Crippen LogP contribution in [0.15, 0.2) is 29.6 Å². The topological polar surface area (TPSA) is 84.5 Å². The molecule has 29 heavy (non-hydrogen) atoms. The van der Waals surface area contributed by atoms with Gasteiger partial charge in [-0.25, -0.2) is 4.79 Å². The molecule has 6 nitrogen and oxygen atoms in total. The van der Waals surface area contributed by atoms with Crippen LogP contribution < -0.4 is 10.6 Å².